The zero-order valence-electron chi connectivity index (χ0n) is 17.9. The molecular formula is C23H34N2O4. The van der Waals surface area contributed by atoms with E-state index in [1.165, 1.54) is 0 Å². The molecule has 3 rings (SSSR count). The van der Waals surface area contributed by atoms with Crippen LogP contribution in [0.2, 0.25) is 0 Å². The number of benzene rings is 1. The van der Waals surface area contributed by atoms with Crippen LogP contribution in [-0.2, 0) is 9.59 Å². The van der Waals surface area contributed by atoms with Gasteiger partial charge in [-0.25, -0.2) is 0 Å². The minimum atomic E-state index is -0.279. The number of likely N-dealkylation sites (tertiary alicyclic amines) is 1. The SMILES string of the molecule is CCCCNC(=O)[C@@H]1CN(C(=O)C2CCCC2)C[C@H]1c1cc(OC)ccc1OC. The molecule has 0 aromatic heterocycles. The highest BCUT2D eigenvalue weighted by molar-refractivity contribution is 5.84. The summed E-state index contributed by atoms with van der Waals surface area (Å²) in [5, 5.41) is 3.07. The second-order valence-electron chi connectivity index (χ2n) is 8.19. The maximum absolute atomic E-state index is 13.1. The van der Waals surface area contributed by atoms with Crippen LogP contribution < -0.4 is 14.8 Å². The van der Waals surface area contributed by atoms with Crippen LogP contribution in [-0.4, -0.2) is 50.6 Å². The normalized spacial score (nSPS) is 22.0. The fourth-order valence-electron chi connectivity index (χ4n) is 4.64. The summed E-state index contributed by atoms with van der Waals surface area (Å²) in [7, 11) is 3.27. The van der Waals surface area contributed by atoms with Crippen molar-refractivity contribution in [2.75, 3.05) is 33.9 Å². The largest absolute Gasteiger partial charge is 0.497 e. The van der Waals surface area contributed by atoms with Gasteiger partial charge in [-0.1, -0.05) is 26.2 Å². The third-order valence-electron chi connectivity index (χ3n) is 6.34. The molecule has 1 aliphatic heterocycles. The van der Waals surface area contributed by atoms with Crippen molar-refractivity contribution in [2.45, 2.75) is 51.4 Å². The molecule has 2 fully saturated rings. The standard InChI is InChI=1S/C23H34N2O4/c1-4-5-12-24-22(26)20-15-25(23(27)16-8-6-7-9-16)14-19(20)18-13-17(28-2)10-11-21(18)29-3/h10-11,13,16,19-20H,4-9,12,14-15H2,1-3H3,(H,24,26)/t19-,20+/m0/s1. The molecule has 2 atom stereocenters. The first-order valence-electron chi connectivity index (χ1n) is 10.9. The summed E-state index contributed by atoms with van der Waals surface area (Å²) < 4.78 is 11.0. The van der Waals surface area contributed by atoms with Crippen LogP contribution >= 0.6 is 0 Å². The fraction of sp³-hybridized carbons (Fsp3) is 0.652. The molecule has 2 aliphatic rings. The minimum Gasteiger partial charge on any atom is -0.497 e. The van der Waals surface area contributed by atoms with E-state index in [4.69, 9.17) is 9.47 Å². The van der Waals surface area contributed by atoms with Crippen molar-refractivity contribution in [3.05, 3.63) is 23.8 Å². The van der Waals surface area contributed by atoms with E-state index >= 15 is 0 Å². The van der Waals surface area contributed by atoms with Crippen molar-refractivity contribution in [1.29, 1.82) is 0 Å². The van der Waals surface area contributed by atoms with Gasteiger partial charge in [0, 0.05) is 37.0 Å². The van der Waals surface area contributed by atoms with E-state index in [2.05, 4.69) is 12.2 Å². The van der Waals surface area contributed by atoms with Crippen molar-refractivity contribution in [1.82, 2.24) is 10.2 Å². The summed E-state index contributed by atoms with van der Waals surface area (Å²) in [6.45, 7) is 3.79. The van der Waals surface area contributed by atoms with Gasteiger partial charge in [0.15, 0.2) is 0 Å². The van der Waals surface area contributed by atoms with E-state index in [0.717, 1.165) is 55.6 Å². The molecule has 0 radical (unpaired) electrons. The van der Waals surface area contributed by atoms with Gasteiger partial charge in [-0.15, -0.1) is 0 Å². The molecule has 1 saturated carbocycles. The quantitative estimate of drug-likeness (QED) is 0.677. The Bertz CT molecular complexity index is 715. The first-order chi connectivity index (χ1) is 14.1. The summed E-state index contributed by atoms with van der Waals surface area (Å²) in [6.07, 6.45) is 6.17. The Morgan fingerprint density at radius 2 is 1.90 bits per heavy atom. The lowest BCUT2D eigenvalue weighted by Gasteiger charge is -2.21. The van der Waals surface area contributed by atoms with E-state index in [9.17, 15) is 9.59 Å². The molecule has 0 bridgehead atoms. The van der Waals surface area contributed by atoms with Gasteiger partial charge < -0.3 is 19.7 Å². The van der Waals surface area contributed by atoms with Gasteiger partial charge in [-0.3, -0.25) is 9.59 Å². The highest BCUT2D eigenvalue weighted by atomic mass is 16.5. The number of unbranched alkanes of at least 4 members (excludes halogenated alkanes) is 1. The first kappa shape index (κ1) is 21.5. The van der Waals surface area contributed by atoms with Crippen LogP contribution in [0.25, 0.3) is 0 Å². The number of methoxy groups -OCH3 is 2. The molecule has 1 aromatic carbocycles. The van der Waals surface area contributed by atoms with Gasteiger partial charge in [0.05, 0.1) is 20.1 Å². The summed E-state index contributed by atoms with van der Waals surface area (Å²) in [5.74, 6) is 1.42. The summed E-state index contributed by atoms with van der Waals surface area (Å²) in [5.41, 5.74) is 0.934. The number of hydrogen-bond donors (Lipinski definition) is 1. The van der Waals surface area contributed by atoms with E-state index in [1.807, 2.05) is 23.1 Å². The molecule has 29 heavy (non-hydrogen) atoms. The van der Waals surface area contributed by atoms with Crippen LogP contribution in [0.1, 0.15) is 56.9 Å². The van der Waals surface area contributed by atoms with Crippen LogP contribution in [0.4, 0.5) is 0 Å². The van der Waals surface area contributed by atoms with Crippen LogP contribution in [0, 0.1) is 11.8 Å². The van der Waals surface area contributed by atoms with Gasteiger partial charge in [0.25, 0.3) is 0 Å². The lowest BCUT2D eigenvalue weighted by molar-refractivity contribution is -0.134. The highest BCUT2D eigenvalue weighted by Gasteiger charge is 2.43. The second-order valence-corrected chi connectivity index (χ2v) is 8.19. The van der Waals surface area contributed by atoms with Gasteiger partial charge in [-0.2, -0.15) is 0 Å². The molecule has 0 unspecified atom stereocenters. The fourth-order valence-corrected chi connectivity index (χ4v) is 4.64. The number of nitrogens with one attached hydrogen (secondary N) is 1. The Morgan fingerprint density at radius 1 is 1.14 bits per heavy atom. The summed E-state index contributed by atoms with van der Waals surface area (Å²) in [6, 6.07) is 5.68. The first-order valence-corrected chi connectivity index (χ1v) is 10.9. The van der Waals surface area contributed by atoms with Gasteiger partial charge in [0.1, 0.15) is 11.5 Å². The highest BCUT2D eigenvalue weighted by Crippen LogP contribution is 2.40. The molecule has 1 heterocycles. The zero-order valence-corrected chi connectivity index (χ0v) is 17.9. The summed E-state index contributed by atoms with van der Waals surface area (Å²) >= 11 is 0. The summed E-state index contributed by atoms with van der Waals surface area (Å²) in [4.78, 5) is 28.0. The lowest BCUT2D eigenvalue weighted by Crippen LogP contribution is -2.37. The van der Waals surface area contributed by atoms with Gasteiger partial charge in [0.2, 0.25) is 11.8 Å². The number of ether oxygens (including phenoxy) is 2. The van der Waals surface area contributed by atoms with Crippen LogP contribution in [0.5, 0.6) is 11.5 Å². The van der Waals surface area contributed by atoms with E-state index in [-0.39, 0.29) is 29.6 Å². The molecule has 1 N–H and O–H groups in total. The lowest BCUT2D eigenvalue weighted by atomic mass is 9.87. The smallest absolute Gasteiger partial charge is 0.225 e. The third kappa shape index (κ3) is 4.85. The van der Waals surface area contributed by atoms with Crippen LogP contribution in [0.3, 0.4) is 0 Å². The average molecular weight is 403 g/mol. The Labute approximate surface area is 173 Å². The molecule has 160 valence electrons. The topological polar surface area (TPSA) is 67.9 Å². The third-order valence-corrected chi connectivity index (χ3v) is 6.34. The molecular weight excluding hydrogens is 368 g/mol. The number of amides is 2. The molecule has 1 aromatic rings. The predicted octanol–water partition coefficient (Wildman–Crippen LogP) is 3.35. The average Bonchev–Trinajstić information content (AvgIpc) is 3.43. The van der Waals surface area contributed by atoms with Crippen molar-refractivity contribution in [3.63, 3.8) is 0 Å². The maximum atomic E-state index is 13.1. The predicted molar refractivity (Wildman–Crippen MR) is 112 cm³/mol. The van der Waals surface area contributed by atoms with Crippen molar-refractivity contribution in [2.24, 2.45) is 11.8 Å². The number of carbonyl (C=O) groups is 2. The van der Waals surface area contributed by atoms with Gasteiger partial charge in [-0.05, 0) is 37.5 Å². The second kappa shape index (κ2) is 9.99. The van der Waals surface area contributed by atoms with Gasteiger partial charge >= 0.3 is 0 Å². The Morgan fingerprint density at radius 3 is 2.55 bits per heavy atom. The maximum Gasteiger partial charge on any atom is 0.225 e. The molecule has 1 saturated heterocycles. The molecule has 2 amide bonds. The minimum absolute atomic E-state index is 0.0232. The van der Waals surface area contributed by atoms with E-state index in [1.54, 1.807) is 14.2 Å². The van der Waals surface area contributed by atoms with E-state index in [0.29, 0.717) is 19.6 Å². The zero-order chi connectivity index (χ0) is 20.8. The van der Waals surface area contributed by atoms with Crippen molar-refractivity contribution in [3.8, 4) is 11.5 Å². The van der Waals surface area contributed by atoms with Crippen molar-refractivity contribution >= 4 is 11.8 Å². The van der Waals surface area contributed by atoms with Crippen molar-refractivity contribution < 1.29 is 19.1 Å². The Hall–Kier alpha value is -2.24. The van der Waals surface area contributed by atoms with E-state index < -0.39 is 0 Å². The molecule has 6 nitrogen and oxygen atoms in total. The Kier molecular flexibility index (Phi) is 7.40. The van der Waals surface area contributed by atoms with Crippen LogP contribution in [0.15, 0.2) is 18.2 Å². The molecule has 0 spiro atoms. The number of nitrogens with zero attached hydrogens (tertiary/aromatic N) is 1. The monoisotopic (exact) mass is 402 g/mol. The number of hydrogen-bond acceptors (Lipinski definition) is 4. The molecule has 1 aliphatic carbocycles. The number of rotatable bonds is 8. The molecule has 6 heteroatoms. The Balaban J connectivity index is 1.86. The number of carbonyl (C=O) groups excluding carboxylic acids is 2.